The second kappa shape index (κ2) is 3.77. The summed E-state index contributed by atoms with van der Waals surface area (Å²) < 4.78 is 2.24. The lowest BCUT2D eigenvalue weighted by atomic mass is 9.84. The molecule has 0 aliphatic carbocycles. The van der Waals surface area contributed by atoms with Crippen LogP contribution in [-0.2, 0) is 7.05 Å². The van der Waals surface area contributed by atoms with Crippen LogP contribution in [0.3, 0.4) is 0 Å². The third kappa shape index (κ3) is 1.52. The average molecular weight is 216 g/mol. The van der Waals surface area contributed by atoms with E-state index in [1.165, 1.54) is 31.4 Å². The van der Waals surface area contributed by atoms with Crippen LogP contribution in [0, 0.1) is 0 Å². The summed E-state index contributed by atoms with van der Waals surface area (Å²) in [6.45, 7) is 0. The molecule has 3 rings (SSSR count). The highest BCUT2D eigenvalue weighted by molar-refractivity contribution is 5.65. The predicted molar refractivity (Wildman–Crippen MR) is 67.2 cm³/mol. The Morgan fingerprint density at radius 2 is 2.12 bits per heavy atom. The Morgan fingerprint density at radius 1 is 1.25 bits per heavy atom. The van der Waals surface area contributed by atoms with Gasteiger partial charge in [-0.3, -0.25) is 4.90 Å². The van der Waals surface area contributed by atoms with Crippen molar-refractivity contribution < 1.29 is 0 Å². The van der Waals surface area contributed by atoms with E-state index in [0.29, 0.717) is 6.04 Å². The van der Waals surface area contributed by atoms with Crippen LogP contribution in [0.1, 0.15) is 31.4 Å². The summed E-state index contributed by atoms with van der Waals surface area (Å²) in [6, 6.07) is 5.84. The van der Waals surface area contributed by atoms with Crippen LogP contribution in [0.15, 0.2) is 24.4 Å². The first-order valence-electron chi connectivity index (χ1n) is 6.30. The maximum atomic E-state index is 2.57. The molecule has 86 valence electrons. The zero-order valence-electron chi connectivity index (χ0n) is 10.2. The third-order valence-corrected chi connectivity index (χ3v) is 4.26. The van der Waals surface area contributed by atoms with Crippen molar-refractivity contribution in [1.29, 1.82) is 0 Å². The van der Waals surface area contributed by atoms with Crippen molar-refractivity contribution >= 4 is 5.57 Å². The predicted octanol–water partition coefficient (Wildman–Crippen LogP) is 2.67. The van der Waals surface area contributed by atoms with Crippen molar-refractivity contribution in [2.45, 2.75) is 37.8 Å². The molecule has 1 aromatic heterocycles. The fourth-order valence-corrected chi connectivity index (χ4v) is 3.23. The minimum absolute atomic E-state index is 0.678. The largest absolute Gasteiger partial charge is 0.351 e. The lowest BCUT2D eigenvalue weighted by Gasteiger charge is -2.42. The molecule has 1 saturated heterocycles. The van der Waals surface area contributed by atoms with E-state index < -0.39 is 0 Å². The fraction of sp³-hybridized carbons (Fsp3) is 0.571. The third-order valence-electron chi connectivity index (χ3n) is 4.26. The topological polar surface area (TPSA) is 8.17 Å². The second-order valence-corrected chi connectivity index (χ2v) is 5.22. The number of likely N-dealkylation sites (N-methyl/N-ethyl adjacent to an activating group) is 1. The van der Waals surface area contributed by atoms with Gasteiger partial charge in [-0.25, -0.2) is 0 Å². The fourth-order valence-electron chi connectivity index (χ4n) is 3.23. The molecule has 2 aliphatic rings. The highest BCUT2D eigenvalue weighted by Gasteiger charge is 2.31. The molecule has 2 bridgehead atoms. The molecule has 0 aromatic carbocycles. The normalized spacial score (nSPS) is 30.2. The Morgan fingerprint density at radius 3 is 2.81 bits per heavy atom. The van der Waals surface area contributed by atoms with Gasteiger partial charge < -0.3 is 4.57 Å². The van der Waals surface area contributed by atoms with E-state index in [1.807, 2.05) is 0 Å². The van der Waals surface area contributed by atoms with Crippen molar-refractivity contribution in [3.8, 4) is 0 Å². The number of rotatable bonds is 1. The van der Waals surface area contributed by atoms with Crippen LogP contribution in [0.4, 0.5) is 0 Å². The zero-order valence-corrected chi connectivity index (χ0v) is 10.2. The highest BCUT2D eigenvalue weighted by atomic mass is 15.2. The molecule has 2 aliphatic heterocycles. The summed E-state index contributed by atoms with van der Waals surface area (Å²) in [5.74, 6) is 0. The van der Waals surface area contributed by atoms with Crippen molar-refractivity contribution in [1.82, 2.24) is 9.47 Å². The maximum absolute atomic E-state index is 2.57. The lowest BCUT2D eigenvalue weighted by Crippen LogP contribution is -2.45. The Hall–Kier alpha value is -1.02. The molecule has 16 heavy (non-hydrogen) atoms. The number of aryl methyl sites for hydroxylation is 1. The number of aromatic nitrogens is 1. The molecular weight excluding hydrogens is 196 g/mol. The molecule has 0 spiro atoms. The molecule has 2 heteroatoms. The van der Waals surface area contributed by atoms with E-state index in [4.69, 9.17) is 0 Å². The standard InChI is InChI=1S/C14H20N2/c1-15-8-4-7-14(15)11-9-12-5-3-6-13(10-11)16(12)2/h4,7-9,12-13H,3,5-6,10H2,1-2H3. The smallest absolute Gasteiger partial charge is 0.0434 e. The van der Waals surface area contributed by atoms with Gasteiger partial charge >= 0.3 is 0 Å². The number of nitrogens with zero attached hydrogens (tertiary/aromatic N) is 2. The molecule has 2 atom stereocenters. The highest BCUT2D eigenvalue weighted by Crippen LogP contribution is 2.35. The van der Waals surface area contributed by atoms with E-state index in [9.17, 15) is 0 Å². The number of piperidine rings is 1. The van der Waals surface area contributed by atoms with Crippen molar-refractivity contribution in [3.63, 3.8) is 0 Å². The van der Waals surface area contributed by atoms with Crippen LogP contribution in [-0.4, -0.2) is 28.6 Å². The first-order chi connectivity index (χ1) is 7.75. The van der Waals surface area contributed by atoms with Gasteiger partial charge in [0.25, 0.3) is 0 Å². The van der Waals surface area contributed by atoms with Gasteiger partial charge in [-0.2, -0.15) is 0 Å². The molecule has 2 nitrogen and oxygen atoms in total. The van der Waals surface area contributed by atoms with Gasteiger partial charge in [0.1, 0.15) is 0 Å². The summed E-state index contributed by atoms with van der Waals surface area (Å²) >= 11 is 0. The van der Waals surface area contributed by atoms with Gasteiger partial charge in [-0.15, -0.1) is 0 Å². The molecule has 0 saturated carbocycles. The lowest BCUT2D eigenvalue weighted by molar-refractivity contribution is 0.137. The molecule has 1 aromatic rings. The number of hydrogen-bond donors (Lipinski definition) is 0. The average Bonchev–Trinajstić information content (AvgIpc) is 2.64. The van der Waals surface area contributed by atoms with E-state index >= 15 is 0 Å². The van der Waals surface area contributed by atoms with E-state index in [1.54, 1.807) is 5.57 Å². The Bertz CT molecular complexity index is 416. The first-order valence-corrected chi connectivity index (χ1v) is 6.30. The van der Waals surface area contributed by atoms with Gasteiger partial charge in [-0.1, -0.05) is 12.5 Å². The van der Waals surface area contributed by atoms with Crippen molar-refractivity contribution in [2.75, 3.05) is 7.05 Å². The Labute approximate surface area is 97.6 Å². The van der Waals surface area contributed by atoms with Crippen LogP contribution >= 0.6 is 0 Å². The second-order valence-electron chi connectivity index (χ2n) is 5.22. The van der Waals surface area contributed by atoms with Gasteiger partial charge in [0.15, 0.2) is 0 Å². The number of hydrogen-bond acceptors (Lipinski definition) is 1. The zero-order chi connectivity index (χ0) is 11.1. The summed E-state index contributed by atoms with van der Waals surface area (Å²) in [5, 5.41) is 0. The minimum Gasteiger partial charge on any atom is -0.351 e. The van der Waals surface area contributed by atoms with Crippen LogP contribution in [0.5, 0.6) is 0 Å². The molecule has 0 amide bonds. The molecule has 3 heterocycles. The van der Waals surface area contributed by atoms with Gasteiger partial charge in [0, 0.05) is 31.0 Å². The molecule has 0 N–H and O–H groups in total. The molecule has 2 unspecified atom stereocenters. The summed E-state index contributed by atoms with van der Waals surface area (Å²) in [4.78, 5) is 2.57. The van der Waals surface area contributed by atoms with Gasteiger partial charge in [-0.05, 0) is 44.0 Å². The molecule has 0 radical (unpaired) electrons. The van der Waals surface area contributed by atoms with Crippen LogP contribution < -0.4 is 0 Å². The Balaban J connectivity index is 1.96. The van der Waals surface area contributed by atoms with Gasteiger partial charge in [0.2, 0.25) is 0 Å². The Kier molecular flexibility index (Phi) is 2.40. The van der Waals surface area contributed by atoms with Crippen LogP contribution in [0.25, 0.3) is 5.57 Å². The SMILES string of the molecule is CN1C2C=C(c3cccn3C)CC1CCC2. The van der Waals surface area contributed by atoms with E-state index in [-0.39, 0.29) is 0 Å². The summed E-state index contributed by atoms with van der Waals surface area (Å²) in [7, 11) is 4.43. The number of fused-ring (bicyclic) bond motifs is 2. The van der Waals surface area contributed by atoms with Crippen molar-refractivity contribution in [2.24, 2.45) is 7.05 Å². The maximum Gasteiger partial charge on any atom is 0.0434 e. The summed E-state index contributed by atoms with van der Waals surface area (Å²) in [5.41, 5.74) is 2.96. The quantitative estimate of drug-likeness (QED) is 0.700. The molecule has 1 fully saturated rings. The molecular formula is C14H20N2. The van der Waals surface area contributed by atoms with Crippen molar-refractivity contribution in [3.05, 3.63) is 30.1 Å². The summed E-state index contributed by atoms with van der Waals surface area (Å²) in [6.07, 6.45) is 9.96. The van der Waals surface area contributed by atoms with Crippen LogP contribution in [0.2, 0.25) is 0 Å². The van der Waals surface area contributed by atoms with E-state index in [0.717, 1.165) is 6.04 Å². The monoisotopic (exact) mass is 216 g/mol. The van der Waals surface area contributed by atoms with E-state index in [2.05, 4.69) is 48.0 Å². The minimum atomic E-state index is 0.678. The van der Waals surface area contributed by atoms with Gasteiger partial charge in [0.05, 0.1) is 0 Å². The first kappa shape index (κ1) is 10.2.